The smallest absolute Gasteiger partial charge is 0.321 e. The van der Waals surface area contributed by atoms with Crippen LogP contribution in [0.25, 0.3) is 0 Å². The van der Waals surface area contributed by atoms with Crippen LogP contribution < -0.4 is 11.0 Å². The second-order valence-electron chi connectivity index (χ2n) is 5.16. The van der Waals surface area contributed by atoms with Gasteiger partial charge >= 0.3 is 5.69 Å². The van der Waals surface area contributed by atoms with E-state index in [1.54, 1.807) is 18.2 Å². The first-order valence-corrected chi connectivity index (χ1v) is 7.88. The number of halogens is 2. The van der Waals surface area contributed by atoms with E-state index >= 15 is 0 Å². The molecule has 1 aromatic heterocycles. The van der Waals surface area contributed by atoms with Gasteiger partial charge in [0.2, 0.25) is 0 Å². The molecule has 0 bridgehead atoms. The van der Waals surface area contributed by atoms with E-state index < -0.39 is 5.91 Å². The fourth-order valence-corrected chi connectivity index (χ4v) is 2.85. The van der Waals surface area contributed by atoms with Crippen molar-refractivity contribution in [2.45, 2.75) is 6.54 Å². The summed E-state index contributed by atoms with van der Waals surface area (Å²) in [6.07, 6.45) is 1.38. The minimum absolute atomic E-state index is 0.222. The third-order valence-electron chi connectivity index (χ3n) is 3.40. The van der Waals surface area contributed by atoms with Crippen molar-refractivity contribution in [2.24, 2.45) is 0 Å². The number of carbonyl (C=O) groups excluding carboxylic acids is 1. The van der Waals surface area contributed by atoms with Gasteiger partial charge in [-0.25, -0.2) is 4.79 Å². The topological polar surface area (TPSA) is 66.9 Å². The summed E-state index contributed by atoms with van der Waals surface area (Å²) in [6.45, 7) is 0.294. The number of aromatic nitrogens is 2. The van der Waals surface area contributed by atoms with Crippen LogP contribution in [0.4, 0.5) is 5.69 Å². The zero-order chi connectivity index (χ0) is 17.1. The molecular formula is C17H13Cl2N3O2. The SMILES string of the molecule is O=C(Nc1cc(Cl)cc(Cl)c1)c1c[nH]c(=O)n1Cc1ccccc1. The number of amides is 1. The molecule has 24 heavy (non-hydrogen) atoms. The van der Waals surface area contributed by atoms with Crippen molar-refractivity contribution >= 4 is 34.8 Å². The predicted octanol–water partition coefficient (Wildman–Crippen LogP) is 3.78. The van der Waals surface area contributed by atoms with E-state index in [-0.39, 0.29) is 11.4 Å². The number of nitrogens with zero attached hydrogens (tertiary/aromatic N) is 1. The second kappa shape index (κ2) is 6.95. The molecule has 2 aromatic carbocycles. The third-order valence-corrected chi connectivity index (χ3v) is 3.84. The maximum Gasteiger partial charge on any atom is 0.326 e. The van der Waals surface area contributed by atoms with Crippen LogP contribution >= 0.6 is 23.2 Å². The fourth-order valence-electron chi connectivity index (χ4n) is 2.33. The fraction of sp³-hybridized carbons (Fsp3) is 0.0588. The maximum atomic E-state index is 12.5. The Kier molecular flexibility index (Phi) is 4.74. The van der Waals surface area contributed by atoms with Gasteiger partial charge in [0.25, 0.3) is 5.91 Å². The number of hydrogen-bond donors (Lipinski definition) is 2. The lowest BCUT2D eigenvalue weighted by Crippen LogP contribution is -2.24. The average Bonchev–Trinajstić information content (AvgIpc) is 2.88. The van der Waals surface area contributed by atoms with Crippen molar-refractivity contribution in [3.63, 3.8) is 0 Å². The van der Waals surface area contributed by atoms with Gasteiger partial charge in [0.15, 0.2) is 0 Å². The van der Waals surface area contributed by atoms with Gasteiger partial charge in [0.05, 0.1) is 6.54 Å². The zero-order valence-corrected chi connectivity index (χ0v) is 13.9. The Morgan fingerprint density at radius 2 is 1.75 bits per heavy atom. The van der Waals surface area contributed by atoms with Crippen LogP contribution in [0.15, 0.2) is 59.5 Å². The quantitative estimate of drug-likeness (QED) is 0.742. The van der Waals surface area contributed by atoms with Crippen LogP contribution in [0.2, 0.25) is 10.0 Å². The summed E-state index contributed by atoms with van der Waals surface area (Å²) in [5, 5.41) is 3.51. The van der Waals surface area contributed by atoms with Gasteiger partial charge in [-0.2, -0.15) is 0 Å². The number of hydrogen-bond acceptors (Lipinski definition) is 2. The summed E-state index contributed by atoms with van der Waals surface area (Å²) in [6, 6.07) is 14.1. The van der Waals surface area contributed by atoms with Crippen molar-refractivity contribution < 1.29 is 4.79 Å². The van der Waals surface area contributed by atoms with Gasteiger partial charge in [-0.05, 0) is 23.8 Å². The number of nitrogens with one attached hydrogen (secondary N) is 2. The molecule has 0 radical (unpaired) electrons. The number of anilines is 1. The van der Waals surface area contributed by atoms with Crippen LogP contribution in [0.3, 0.4) is 0 Å². The highest BCUT2D eigenvalue weighted by Gasteiger charge is 2.15. The Morgan fingerprint density at radius 1 is 1.08 bits per heavy atom. The first kappa shape index (κ1) is 16.4. The molecule has 0 atom stereocenters. The second-order valence-corrected chi connectivity index (χ2v) is 6.04. The van der Waals surface area contributed by atoms with Gasteiger partial charge < -0.3 is 10.3 Å². The van der Waals surface area contributed by atoms with E-state index in [1.807, 2.05) is 30.3 Å². The molecule has 0 unspecified atom stereocenters. The number of carbonyl (C=O) groups is 1. The normalized spacial score (nSPS) is 10.6. The molecule has 3 aromatic rings. The molecule has 1 amide bonds. The van der Waals surface area contributed by atoms with Crippen LogP contribution in [-0.2, 0) is 6.54 Å². The van der Waals surface area contributed by atoms with Gasteiger partial charge in [0.1, 0.15) is 5.69 Å². The molecule has 5 nitrogen and oxygen atoms in total. The summed E-state index contributed by atoms with van der Waals surface area (Å²) in [7, 11) is 0. The van der Waals surface area contributed by atoms with E-state index in [9.17, 15) is 9.59 Å². The van der Waals surface area contributed by atoms with Crippen LogP contribution in [-0.4, -0.2) is 15.5 Å². The van der Waals surface area contributed by atoms with Crippen LogP contribution in [0, 0.1) is 0 Å². The number of imidazole rings is 1. The highest BCUT2D eigenvalue weighted by Crippen LogP contribution is 2.22. The number of H-pyrrole nitrogens is 1. The van der Waals surface area contributed by atoms with Gasteiger partial charge in [-0.3, -0.25) is 9.36 Å². The predicted molar refractivity (Wildman–Crippen MR) is 95.0 cm³/mol. The maximum absolute atomic E-state index is 12.5. The summed E-state index contributed by atoms with van der Waals surface area (Å²) >= 11 is 11.9. The summed E-state index contributed by atoms with van der Waals surface area (Å²) < 4.78 is 1.37. The lowest BCUT2D eigenvalue weighted by atomic mass is 10.2. The first-order valence-electron chi connectivity index (χ1n) is 7.12. The molecule has 2 N–H and O–H groups in total. The lowest BCUT2D eigenvalue weighted by molar-refractivity contribution is 0.101. The number of benzene rings is 2. The van der Waals surface area contributed by atoms with Gasteiger partial charge in [-0.15, -0.1) is 0 Å². The molecule has 1 heterocycles. The van der Waals surface area contributed by atoms with Gasteiger partial charge in [0, 0.05) is 21.9 Å². The molecule has 0 saturated carbocycles. The summed E-state index contributed by atoms with van der Waals surface area (Å²) in [5.41, 5.74) is 1.24. The van der Waals surface area contributed by atoms with Crippen molar-refractivity contribution in [3.05, 3.63) is 86.5 Å². The van der Waals surface area contributed by atoms with Gasteiger partial charge in [-0.1, -0.05) is 53.5 Å². The zero-order valence-electron chi connectivity index (χ0n) is 12.4. The van der Waals surface area contributed by atoms with E-state index in [0.29, 0.717) is 22.3 Å². The molecule has 0 fully saturated rings. The van der Waals surface area contributed by atoms with E-state index in [2.05, 4.69) is 10.3 Å². The van der Waals surface area contributed by atoms with Crippen molar-refractivity contribution in [2.75, 3.05) is 5.32 Å². The molecule has 0 aliphatic carbocycles. The molecule has 122 valence electrons. The minimum Gasteiger partial charge on any atom is -0.321 e. The highest BCUT2D eigenvalue weighted by molar-refractivity contribution is 6.35. The molecule has 7 heteroatoms. The Bertz CT molecular complexity index is 912. The standard InChI is InChI=1S/C17H13Cl2N3O2/c18-12-6-13(19)8-14(7-12)21-16(23)15-9-20-17(24)22(15)10-11-4-2-1-3-5-11/h1-9H,10H2,(H,20,24)(H,21,23). The van der Waals surface area contributed by atoms with E-state index in [4.69, 9.17) is 23.2 Å². The van der Waals surface area contributed by atoms with E-state index in [1.165, 1.54) is 10.8 Å². The first-order chi connectivity index (χ1) is 11.5. The largest absolute Gasteiger partial charge is 0.326 e. The minimum atomic E-state index is -0.428. The molecule has 0 aliphatic rings. The average molecular weight is 362 g/mol. The molecule has 0 saturated heterocycles. The molecular weight excluding hydrogens is 349 g/mol. The number of aromatic amines is 1. The van der Waals surface area contributed by atoms with Crippen molar-refractivity contribution in [3.8, 4) is 0 Å². The number of rotatable bonds is 4. The van der Waals surface area contributed by atoms with Crippen LogP contribution in [0.5, 0.6) is 0 Å². The lowest BCUT2D eigenvalue weighted by Gasteiger charge is -2.09. The Morgan fingerprint density at radius 3 is 2.42 bits per heavy atom. The molecule has 0 spiro atoms. The summed E-state index contributed by atoms with van der Waals surface area (Å²) in [4.78, 5) is 27.0. The Hall–Kier alpha value is -2.50. The van der Waals surface area contributed by atoms with E-state index in [0.717, 1.165) is 5.56 Å². The highest BCUT2D eigenvalue weighted by atomic mass is 35.5. The monoisotopic (exact) mass is 361 g/mol. The van der Waals surface area contributed by atoms with Crippen LogP contribution in [0.1, 0.15) is 16.1 Å². The Balaban J connectivity index is 1.87. The van der Waals surface area contributed by atoms with Crippen molar-refractivity contribution in [1.29, 1.82) is 0 Å². The Labute approximate surface area is 147 Å². The molecule has 0 aliphatic heterocycles. The summed E-state index contributed by atoms with van der Waals surface area (Å²) in [5.74, 6) is -0.428. The molecule has 3 rings (SSSR count). The third kappa shape index (κ3) is 3.69. The van der Waals surface area contributed by atoms with Crippen molar-refractivity contribution in [1.82, 2.24) is 9.55 Å².